The van der Waals surface area contributed by atoms with Crippen LogP contribution >= 0.6 is 0 Å². The quantitative estimate of drug-likeness (QED) is 0.621. The van der Waals surface area contributed by atoms with E-state index in [-0.39, 0.29) is 5.84 Å². The first kappa shape index (κ1) is 14.8. The molecular weight excluding hydrogens is 252 g/mol. The van der Waals surface area contributed by atoms with E-state index in [0.717, 1.165) is 37.5 Å². The Bertz CT molecular complexity index is 446. The number of nitrogens with two attached hydrogens (primary N) is 1. The van der Waals surface area contributed by atoms with Gasteiger partial charge in [-0.2, -0.15) is 0 Å². The molecule has 1 heterocycles. The Hall–Kier alpha value is -1.59. The van der Waals surface area contributed by atoms with Gasteiger partial charge in [0.1, 0.15) is 18.2 Å². The van der Waals surface area contributed by atoms with Crippen LogP contribution in [0.1, 0.15) is 12.5 Å². The van der Waals surface area contributed by atoms with Crippen LogP contribution in [0.4, 0.5) is 0 Å². The average Bonchev–Trinajstić information content (AvgIpc) is 2.43. The number of amidine groups is 1. The number of hydrogen-bond donors (Lipinski definition) is 2. The number of hydrogen-bond acceptors (Lipinski definition) is 4. The van der Waals surface area contributed by atoms with Crippen LogP contribution in [-0.4, -0.2) is 61.5 Å². The second kappa shape index (κ2) is 6.72. The van der Waals surface area contributed by atoms with E-state index >= 15 is 0 Å². The number of piperazine rings is 1. The van der Waals surface area contributed by atoms with Crippen LogP contribution in [-0.2, 0) is 0 Å². The average molecular weight is 276 g/mol. The predicted molar refractivity (Wildman–Crippen MR) is 81.5 cm³/mol. The summed E-state index contributed by atoms with van der Waals surface area (Å²) in [5, 5.41) is 7.34. The molecule has 20 heavy (non-hydrogen) atoms. The van der Waals surface area contributed by atoms with Gasteiger partial charge in [-0.3, -0.25) is 10.3 Å². The maximum atomic E-state index is 7.34. The van der Waals surface area contributed by atoms with Gasteiger partial charge in [0.2, 0.25) is 0 Å². The van der Waals surface area contributed by atoms with Crippen LogP contribution in [0, 0.1) is 5.41 Å². The summed E-state index contributed by atoms with van der Waals surface area (Å²) in [7, 11) is 2.18. The monoisotopic (exact) mass is 276 g/mol. The standard InChI is InChI=1S/C15H24N4O/c1-12-11-19(8-7-18(12)2)9-10-20-14-5-3-13(4-6-14)15(16)17/h3-6,12H,7-11H2,1-2H3,(H3,16,17). The molecule has 1 atom stereocenters. The van der Waals surface area contributed by atoms with E-state index in [9.17, 15) is 0 Å². The molecule has 2 rings (SSSR count). The van der Waals surface area contributed by atoms with Crippen LogP contribution < -0.4 is 10.5 Å². The number of rotatable bonds is 5. The van der Waals surface area contributed by atoms with Crippen LogP contribution in [0.5, 0.6) is 5.75 Å². The molecule has 5 heteroatoms. The summed E-state index contributed by atoms with van der Waals surface area (Å²) in [4.78, 5) is 4.83. The molecule has 0 spiro atoms. The maximum Gasteiger partial charge on any atom is 0.122 e. The maximum absolute atomic E-state index is 7.34. The van der Waals surface area contributed by atoms with Gasteiger partial charge in [0.05, 0.1) is 0 Å². The number of likely N-dealkylation sites (N-methyl/N-ethyl adjacent to an activating group) is 1. The first-order valence-corrected chi connectivity index (χ1v) is 7.06. The summed E-state index contributed by atoms with van der Waals surface area (Å²) >= 11 is 0. The molecule has 1 aromatic rings. The van der Waals surface area contributed by atoms with E-state index < -0.39 is 0 Å². The van der Waals surface area contributed by atoms with Crippen molar-refractivity contribution in [1.29, 1.82) is 5.41 Å². The SMILES string of the molecule is CC1CN(CCOc2ccc(C(=N)N)cc2)CCN1C. The van der Waals surface area contributed by atoms with Gasteiger partial charge in [0.25, 0.3) is 0 Å². The molecule has 1 aliphatic rings. The lowest BCUT2D eigenvalue weighted by molar-refractivity contribution is 0.0928. The Morgan fingerprint density at radius 2 is 2.05 bits per heavy atom. The molecule has 0 radical (unpaired) electrons. The van der Waals surface area contributed by atoms with E-state index in [2.05, 4.69) is 23.8 Å². The van der Waals surface area contributed by atoms with Crippen molar-refractivity contribution < 1.29 is 4.74 Å². The molecule has 3 N–H and O–H groups in total. The van der Waals surface area contributed by atoms with Crippen molar-refractivity contribution in [3.05, 3.63) is 29.8 Å². The highest BCUT2D eigenvalue weighted by molar-refractivity contribution is 5.94. The highest BCUT2D eigenvalue weighted by Gasteiger charge is 2.19. The Kier molecular flexibility index (Phi) is 4.98. The molecule has 0 aromatic heterocycles. The molecular formula is C15H24N4O. The number of nitrogens with one attached hydrogen (secondary N) is 1. The molecule has 0 bridgehead atoms. The molecule has 5 nitrogen and oxygen atoms in total. The molecule has 0 amide bonds. The largest absolute Gasteiger partial charge is 0.492 e. The Morgan fingerprint density at radius 3 is 2.65 bits per heavy atom. The van der Waals surface area contributed by atoms with E-state index in [1.54, 1.807) is 0 Å². The zero-order chi connectivity index (χ0) is 14.5. The van der Waals surface area contributed by atoms with Gasteiger partial charge in [0.15, 0.2) is 0 Å². The van der Waals surface area contributed by atoms with E-state index in [1.807, 2.05) is 24.3 Å². The molecule has 0 saturated carbocycles. The number of nitrogens with zero attached hydrogens (tertiary/aromatic N) is 2. The third-order valence-corrected chi connectivity index (χ3v) is 3.89. The third kappa shape index (κ3) is 3.95. The lowest BCUT2D eigenvalue weighted by Crippen LogP contribution is -2.50. The second-order valence-electron chi connectivity index (χ2n) is 5.42. The molecule has 1 aliphatic heterocycles. The number of benzene rings is 1. The molecule has 1 aromatic carbocycles. The predicted octanol–water partition coefficient (Wildman–Crippen LogP) is 0.985. The van der Waals surface area contributed by atoms with Crippen molar-refractivity contribution in [3.8, 4) is 5.75 Å². The molecule has 0 aliphatic carbocycles. The Balaban J connectivity index is 1.74. The third-order valence-electron chi connectivity index (χ3n) is 3.89. The topological polar surface area (TPSA) is 65.6 Å². The first-order valence-electron chi connectivity index (χ1n) is 7.06. The zero-order valence-electron chi connectivity index (χ0n) is 12.3. The van der Waals surface area contributed by atoms with Crippen LogP contribution in [0.3, 0.4) is 0 Å². The highest BCUT2D eigenvalue weighted by atomic mass is 16.5. The fourth-order valence-electron chi connectivity index (χ4n) is 2.35. The minimum absolute atomic E-state index is 0.0861. The number of ether oxygens (including phenoxy) is 1. The van der Waals surface area contributed by atoms with Gasteiger partial charge in [-0.15, -0.1) is 0 Å². The lowest BCUT2D eigenvalue weighted by Gasteiger charge is -2.37. The van der Waals surface area contributed by atoms with Crippen molar-refractivity contribution in [2.75, 3.05) is 39.8 Å². The second-order valence-corrected chi connectivity index (χ2v) is 5.42. The Labute approximate surface area is 120 Å². The van der Waals surface area contributed by atoms with E-state index in [4.69, 9.17) is 15.9 Å². The minimum atomic E-state index is 0.0861. The summed E-state index contributed by atoms with van der Waals surface area (Å²) in [6, 6.07) is 7.97. The molecule has 1 unspecified atom stereocenters. The summed E-state index contributed by atoms with van der Waals surface area (Å²) < 4.78 is 5.74. The van der Waals surface area contributed by atoms with Crippen LogP contribution in [0.25, 0.3) is 0 Å². The van der Waals surface area contributed by atoms with Crippen molar-refractivity contribution >= 4 is 5.84 Å². The minimum Gasteiger partial charge on any atom is -0.492 e. The summed E-state index contributed by atoms with van der Waals surface area (Å²) in [6.45, 7) is 7.22. The molecule has 1 fully saturated rings. The summed E-state index contributed by atoms with van der Waals surface area (Å²) in [5.41, 5.74) is 6.14. The summed E-state index contributed by atoms with van der Waals surface area (Å²) in [6.07, 6.45) is 0. The first-order chi connectivity index (χ1) is 9.56. The smallest absolute Gasteiger partial charge is 0.122 e. The number of nitrogen functional groups attached to an aromatic ring is 1. The Morgan fingerprint density at radius 1 is 1.35 bits per heavy atom. The van der Waals surface area contributed by atoms with Gasteiger partial charge < -0.3 is 15.4 Å². The van der Waals surface area contributed by atoms with Gasteiger partial charge in [0, 0.05) is 37.8 Å². The van der Waals surface area contributed by atoms with Crippen molar-refractivity contribution in [2.45, 2.75) is 13.0 Å². The van der Waals surface area contributed by atoms with Gasteiger partial charge in [-0.1, -0.05) is 0 Å². The molecule has 110 valence electrons. The van der Waals surface area contributed by atoms with Crippen molar-refractivity contribution in [3.63, 3.8) is 0 Å². The highest BCUT2D eigenvalue weighted by Crippen LogP contribution is 2.12. The van der Waals surface area contributed by atoms with Gasteiger partial charge >= 0.3 is 0 Å². The zero-order valence-corrected chi connectivity index (χ0v) is 12.3. The van der Waals surface area contributed by atoms with Crippen molar-refractivity contribution in [1.82, 2.24) is 9.80 Å². The fourth-order valence-corrected chi connectivity index (χ4v) is 2.35. The van der Waals surface area contributed by atoms with E-state index in [0.29, 0.717) is 12.6 Å². The van der Waals surface area contributed by atoms with Gasteiger partial charge in [-0.25, -0.2) is 0 Å². The van der Waals surface area contributed by atoms with E-state index in [1.165, 1.54) is 0 Å². The van der Waals surface area contributed by atoms with Crippen LogP contribution in [0.2, 0.25) is 0 Å². The van der Waals surface area contributed by atoms with Crippen molar-refractivity contribution in [2.24, 2.45) is 5.73 Å². The summed E-state index contributed by atoms with van der Waals surface area (Å²) in [5.74, 6) is 0.917. The lowest BCUT2D eigenvalue weighted by atomic mass is 10.2. The molecule has 1 saturated heterocycles. The van der Waals surface area contributed by atoms with Crippen LogP contribution in [0.15, 0.2) is 24.3 Å². The van der Waals surface area contributed by atoms with Gasteiger partial charge in [-0.05, 0) is 38.2 Å². The fraction of sp³-hybridized carbons (Fsp3) is 0.533. The normalized spacial score (nSPS) is 20.8.